The number of nitrogens with zero attached hydrogens (tertiary/aromatic N) is 1. The lowest BCUT2D eigenvalue weighted by molar-refractivity contribution is -0.132. The molecule has 4 nitrogen and oxygen atoms in total. The predicted molar refractivity (Wildman–Crippen MR) is 95.8 cm³/mol. The lowest BCUT2D eigenvalue weighted by atomic mass is 10.0. The Morgan fingerprint density at radius 3 is 2.48 bits per heavy atom. The average Bonchev–Trinajstić information content (AvgIpc) is 2.63. The minimum absolute atomic E-state index is 0.0688. The third-order valence-corrected chi connectivity index (χ3v) is 4.57. The van der Waals surface area contributed by atoms with E-state index in [9.17, 15) is 9.18 Å². The topological polar surface area (TPSA) is 55.6 Å². The molecule has 0 unspecified atom stereocenters. The summed E-state index contributed by atoms with van der Waals surface area (Å²) < 4.78 is 18.8. The molecule has 0 aliphatic carbocycles. The Balaban J connectivity index is 1.44. The Kier molecular flexibility index (Phi) is 5.53. The second-order valence-electron chi connectivity index (χ2n) is 6.35. The average molecular weight is 342 g/mol. The molecule has 0 aromatic heterocycles. The van der Waals surface area contributed by atoms with Gasteiger partial charge in [-0.25, -0.2) is 4.39 Å². The van der Waals surface area contributed by atoms with Crippen LogP contribution in [0.5, 0.6) is 5.75 Å². The monoisotopic (exact) mass is 342 g/mol. The standard InChI is InChI=1S/C20H23FN2O2/c21-16-6-8-17(9-7-16)25-18-11-13-23(14-12-18)20(24)10-5-15-3-1-2-4-19(15)22/h1-4,6-9,18H,5,10-14,22H2. The van der Waals surface area contributed by atoms with Gasteiger partial charge in [0.05, 0.1) is 0 Å². The fourth-order valence-corrected chi connectivity index (χ4v) is 3.09. The second kappa shape index (κ2) is 8.01. The molecule has 1 amide bonds. The van der Waals surface area contributed by atoms with Crippen LogP contribution in [0.2, 0.25) is 0 Å². The molecule has 0 bridgehead atoms. The molecular formula is C20H23FN2O2. The molecule has 2 aromatic carbocycles. The molecule has 0 atom stereocenters. The van der Waals surface area contributed by atoms with E-state index in [-0.39, 0.29) is 17.8 Å². The van der Waals surface area contributed by atoms with Crippen LogP contribution in [0.25, 0.3) is 0 Å². The molecule has 0 radical (unpaired) electrons. The molecule has 1 aliphatic heterocycles. The number of para-hydroxylation sites is 1. The number of likely N-dealkylation sites (tertiary alicyclic amines) is 1. The summed E-state index contributed by atoms with van der Waals surface area (Å²) in [6.07, 6.45) is 2.78. The number of amides is 1. The van der Waals surface area contributed by atoms with Gasteiger partial charge in [0, 0.05) is 38.0 Å². The van der Waals surface area contributed by atoms with Crippen molar-refractivity contribution in [1.82, 2.24) is 4.90 Å². The highest BCUT2D eigenvalue weighted by Gasteiger charge is 2.23. The van der Waals surface area contributed by atoms with E-state index in [1.807, 2.05) is 29.2 Å². The van der Waals surface area contributed by atoms with Crippen molar-refractivity contribution in [1.29, 1.82) is 0 Å². The summed E-state index contributed by atoms with van der Waals surface area (Å²) >= 11 is 0. The van der Waals surface area contributed by atoms with E-state index < -0.39 is 0 Å². The van der Waals surface area contributed by atoms with Gasteiger partial charge in [-0.1, -0.05) is 18.2 Å². The summed E-state index contributed by atoms with van der Waals surface area (Å²) in [5.41, 5.74) is 7.68. The molecule has 25 heavy (non-hydrogen) atoms. The molecule has 1 saturated heterocycles. The van der Waals surface area contributed by atoms with Crippen LogP contribution in [0.1, 0.15) is 24.8 Å². The Bertz CT molecular complexity index is 710. The zero-order valence-corrected chi connectivity index (χ0v) is 14.2. The highest BCUT2D eigenvalue weighted by molar-refractivity contribution is 5.76. The maximum atomic E-state index is 12.9. The number of carbonyl (C=O) groups excluding carboxylic acids is 1. The van der Waals surface area contributed by atoms with E-state index in [0.717, 1.165) is 24.1 Å². The third-order valence-electron chi connectivity index (χ3n) is 4.57. The van der Waals surface area contributed by atoms with E-state index in [2.05, 4.69) is 0 Å². The van der Waals surface area contributed by atoms with Crippen molar-refractivity contribution < 1.29 is 13.9 Å². The smallest absolute Gasteiger partial charge is 0.222 e. The van der Waals surface area contributed by atoms with Crippen LogP contribution in [0.4, 0.5) is 10.1 Å². The predicted octanol–water partition coefficient (Wildman–Crippen LogP) is 3.41. The molecule has 0 saturated carbocycles. The van der Waals surface area contributed by atoms with Crippen molar-refractivity contribution in [2.24, 2.45) is 0 Å². The number of aryl methyl sites for hydroxylation is 1. The van der Waals surface area contributed by atoms with E-state index in [0.29, 0.717) is 31.7 Å². The summed E-state index contributed by atoms with van der Waals surface area (Å²) in [6, 6.07) is 13.7. The van der Waals surface area contributed by atoms with Crippen LogP contribution in [0.3, 0.4) is 0 Å². The van der Waals surface area contributed by atoms with E-state index >= 15 is 0 Å². The summed E-state index contributed by atoms with van der Waals surface area (Å²) in [7, 11) is 0. The number of rotatable bonds is 5. The largest absolute Gasteiger partial charge is 0.490 e. The minimum Gasteiger partial charge on any atom is -0.490 e. The molecule has 3 rings (SSSR count). The number of hydrogen-bond acceptors (Lipinski definition) is 3. The Hall–Kier alpha value is -2.56. The van der Waals surface area contributed by atoms with Crippen molar-refractivity contribution >= 4 is 11.6 Å². The lowest BCUT2D eigenvalue weighted by Gasteiger charge is -2.32. The van der Waals surface area contributed by atoms with Crippen molar-refractivity contribution in [3.63, 3.8) is 0 Å². The van der Waals surface area contributed by atoms with Crippen molar-refractivity contribution in [2.45, 2.75) is 31.8 Å². The Morgan fingerprint density at radius 2 is 1.80 bits per heavy atom. The van der Waals surface area contributed by atoms with Gasteiger partial charge in [-0.2, -0.15) is 0 Å². The minimum atomic E-state index is -0.271. The fraction of sp³-hybridized carbons (Fsp3) is 0.350. The second-order valence-corrected chi connectivity index (χ2v) is 6.35. The molecule has 5 heteroatoms. The lowest BCUT2D eigenvalue weighted by Crippen LogP contribution is -2.41. The van der Waals surface area contributed by atoms with Crippen LogP contribution < -0.4 is 10.5 Å². The maximum absolute atomic E-state index is 12.9. The molecule has 1 fully saturated rings. The first kappa shape index (κ1) is 17.3. The van der Waals surface area contributed by atoms with Crippen molar-refractivity contribution in [3.8, 4) is 5.75 Å². The van der Waals surface area contributed by atoms with Gasteiger partial charge in [0.25, 0.3) is 0 Å². The van der Waals surface area contributed by atoms with Gasteiger partial charge in [-0.15, -0.1) is 0 Å². The van der Waals surface area contributed by atoms with Crippen LogP contribution in [-0.4, -0.2) is 30.0 Å². The van der Waals surface area contributed by atoms with Gasteiger partial charge >= 0.3 is 0 Å². The number of hydrogen-bond donors (Lipinski definition) is 1. The van der Waals surface area contributed by atoms with E-state index in [1.54, 1.807) is 12.1 Å². The van der Waals surface area contributed by atoms with Gasteiger partial charge < -0.3 is 15.4 Å². The molecule has 1 aliphatic rings. The number of ether oxygens (including phenoxy) is 1. The molecule has 2 N–H and O–H groups in total. The van der Waals surface area contributed by atoms with Gasteiger partial charge in [-0.3, -0.25) is 4.79 Å². The van der Waals surface area contributed by atoms with Crippen LogP contribution in [-0.2, 0) is 11.2 Å². The Morgan fingerprint density at radius 1 is 1.12 bits per heavy atom. The molecular weight excluding hydrogens is 319 g/mol. The fourth-order valence-electron chi connectivity index (χ4n) is 3.09. The van der Waals surface area contributed by atoms with Crippen LogP contribution >= 0.6 is 0 Å². The highest BCUT2D eigenvalue weighted by atomic mass is 19.1. The summed E-state index contributed by atoms with van der Waals surface area (Å²) in [4.78, 5) is 14.3. The molecule has 2 aromatic rings. The molecule has 0 spiro atoms. The highest BCUT2D eigenvalue weighted by Crippen LogP contribution is 2.20. The summed E-state index contributed by atoms with van der Waals surface area (Å²) in [6.45, 7) is 1.38. The normalized spacial score (nSPS) is 15.2. The SMILES string of the molecule is Nc1ccccc1CCC(=O)N1CCC(Oc2ccc(F)cc2)CC1. The van der Waals surface area contributed by atoms with E-state index in [4.69, 9.17) is 10.5 Å². The van der Waals surface area contributed by atoms with Gasteiger partial charge in [0.2, 0.25) is 5.91 Å². The first-order valence-corrected chi connectivity index (χ1v) is 8.65. The third kappa shape index (κ3) is 4.72. The quantitative estimate of drug-likeness (QED) is 0.847. The number of piperidine rings is 1. The van der Waals surface area contributed by atoms with Crippen LogP contribution in [0, 0.1) is 5.82 Å². The number of benzene rings is 2. The van der Waals surface area contributed by atoms with Gasteiger partial charge in [0.15, 0.2) is 0 Å². The zero-order chi connectivity index (χ0) is 17.6. The van der Waals surface area contributed by atoms with Crippen molar-refractivity contribution in [2.75, 3.05) is 18.8 Å². The summed E-state index contributed by atoms with van der Waals surface area (Å²) in [5, 5.41) is 0. The number of halogens is 1. The van der Waals surface area contributed by atoms with Crippen molar-refractivity contribution in [3.05, 3.63) is 59.9 Å². The summed E-state index contributed by atoms with van der Waals surface area (Å²) in [5.74, 6) is 0.557. The first-order chi connectivity index (χ1) is 12.1. The van der Waals surface area contributed by atoms with E-state index in [1.165, 1.54) is 12.1 Å². The number of nitrogen functional groups attached to an aromatic ring is 1. The maximum Gasteiger partial charge on any atom is 0.222 e. The van der Waals surface area contributed by atoms with Gasteiger partial charge in [0.1, 0.15) is 17.7 Å². The van der Waals surface area contributed by atoms with Crippen LogP contribution in [0.15, 0.2) is 48.5 Å². The molecule has 1 heterocycles. The zero-order valence-electron chi connectivity index (χ0n) is 14.2. The number of nitrogens with two attached hydrogens (primary N) is 1. The number of anilines is 1. The van der Waals surface area contributed by atoms with Gasteiger partial charge in [-0.05, 0) is 42.3 Å². The Labute approximate surface area is 147 Å². The molecule has 132 valence electrons. The first-order valence-electron chi connectivity index (χ1n) is 8.65. The number of carbonyl (C=O) groups is 1.